The SMILES string of the molecule is COc1cc(Br)c(C(Cl)c2ccc(F)c(Cl)c2)cc1OC. The van der Waals surface area contributed by atoms with Crippen molar-refractivity contribution in [3.8, 4) is 11.5 Å². The molecule has 0 aliphatic carbocycles. The van der Waals surface area contributed by atoms with Crippen molar-refractivity contribution in [1.29, 1.82) is 0 Å². The van der Waals surface area contributed by atoms with E-state index in [-0.39, 0.29) is 5.02 Å². The quantitative estimate of drug-likeness (QED) is 0.630. The molecule has 0 aliphatic heterocycles. The maximum Gasteiger partial charge on any atom is 0.161 e. The monoisotopic (exact) mass is 392 g/mol. The van der Waals surface area contributed by atoms with E-state index >= 15 is 0 Å². The van der Waals surface area contributed by atoms with Crippen LogP contribution in [-0.4, -0.2) is 14.2 Å². The Kier molecular flexibility index (Phi) is 5.36. The number of benzene rings is 2. The molecule has 0 fully saturated rings. The van der Waals surface area contributed by atoms with Gasteiger partial charge >= 0.3 is 0 Å². The van der Waals surface area contributed by atoms with E-state index in [9.17, 15) is 4.39 Å². The molecule has 2 aromatic carbocycles. The van der Waals surface area contributed by atoms with Crippen molar-refractivity contribution in [3.63, 3.8) is 0 Å². The summed E-state index contributed by atoms with van der Waals surface area (Å²) in [6.07, 6.45) is 0. The van der Waals surface area contributed by atoms with Gasteiger partial charge in [-0.15, -0.1) is 11.6 Å². The zero-order valence-corrected chi connectivity index (χ0v) is 14.4. The number of hydrogen-bond acceptors (Lipinski definition) is 2. The van der Waals surface area contributed by atoms with E-state index in [4.69, 9.17) is 32.7 Å². The molecular formula is C15H12BrCl2FO2. The molecule has 1 atom stereocenters. The van der Waals surface area contributed by atoms with Gasteiger partial charge in [-0.25, -0.2) is 4.39 Å². The van der Waals surface area contributed by atoms with Crippen LogP contribution in [0.15, 0.2) is 34.8 Å². The number of ether oxygens (including phenoxy) is 2. The fourth-order valence-corrected chi connectivity index (χ4v) is 3.10. The molecule has 2 rings (SSSR count). The summed E-state index contributed by atoms with van der Waals surface area (Å²) in [5.41, 5.74) is 1.47. The summed E-state index contributed by atoms with van der Waals surface area (Å²) < 4.78 is 24.5. The molecule has 112 valence electrons. The molecule has 0 saturated carbocycles. The van der Waals surface area contributed by atoms with Gasteiger partial charge in [0, 0.05) is 4.47 Å². The Morgan fingerprint density at radius 2 is 1.71 bits per heavy atom. The minimum atomic E-state index is -0.503. The Morgan fingerprint density at radius 1 is 1.10 bits per heavy atom. The van der Waals surface area contributed by atoms with Crippen LogP contribution in [0.1, 0.15) is 16.5 Å². The van der Waals surface area contributed by atoms with Gasteiger partial charge in [-0.3, -0.25) is 0 Å². The first-order chi connectivity index (χ1) is 9.97. The van der Waals surface area contributed by atoms with Gasteiger partial charge in [0.15, 0.2) is 11.5 Å². The molecule has 2 nitrogen and oxygen atoms in total. The van der Waals surface area contributed by atoms with Gasteiger partial charge in [-0.2, -0.15) is 0 Å². The summed E-state index contributed by atoms with van der Waals surface area (Å²) in [7, 11) is 3.11. The van der Waals surface area contributed by atoms with Crippen LogP contribution in [0.25, 0.3) is 0 Å². The zero-order valence-electron chi connectivity index (χ0n) is 11.3. The van der Waals surface area contributed by atoms with E-state index in [1.807, 2.05) is 0 Å². The minimum Gasteiger partial charge on any atom is -0.493 e. The average molecular weight is 394 g/mol. The van der Waals surface area contributed by atoms with E-state index in [1.54, 1.807) is 32.4 Å². The normalized spacial score (nSPS) is 12.1. The highest BCUT2D eigenvalue weighted by Gasteiger charge is 2.19. The standard InChI is InChI=1S/C15H12BrCl2FO2/c1-20-13-6-9(10(16)7-14(13)21-2)15(18)8-3-4-12(19)11(17)5-8/h3-7,15H,1-2H3. The van der Waals surface area contributed by atoms with Crippen LogP contribution in [0.3, 0.4) is 0 Å². The molecular weight excluding hydrogens is 382 g/mol. The number of hydrogen-bond donors (Lipinski definition) is 0. The summed E-state index contributed by atoms with van der Waals surface area (Å²) in [6, 6.07) is 7.95. The summed E-state index contributed by atoms with van der Waals surface area (Å²) in [5, 5.41) is -0.466. The van der Waals surface area contributed by atoms with E-state index < -0.39 is 11.2 Å². The molecule has 0 amide bonds. The third-order valence-corrected chi connectivity index (χ3v) is 4.48. The Balaban J connectivity index is 2.47. The second-order valence-electron chi connectivity index (χ2n) is 4.26. The first-order valence-corrected chi connectivity index (χ1v) is 7.59. The molecule has 21 heavy (non-hydrogen) atoms. The third kappa shape index (κ3) is 3.44. The van der Waals surface area contributed by atoms with Crippen LogP contribution in [0.4, 0.5) is 4.39 Å². The van der Waals surface area contributed by atoms with Crippen molar-refractivity contribution in [1.82, 2.24) is 0 Å². The van der Waals surface area contributed by atoms with Gasteiger partial charge < -0.3 is 9.47 Å². The van der Waals surface area contributed by atoms with Crippen molar-refractivity contribution in [2.75, 3.05) is 14.2 Å². The summed E-state index contributed by atoms with van der Waals surface area (Å²) in [6.45, 7) is 0. The fraction of sp³-hybridized carbons (Fsp3) is 0.200. The molecule has 1 unspecified atom stereocenters. The third-order valence-electron chi connectivity index (χ3n) is 3.01. The van der Waals surface area contributed by atoms with Gasteiger partial charge in [0.05, 0.1) is 24.6 Å². The summed E-state index contributed by atoms with van der Waals surface area (Å²) in [5.74, 6) is 0.680. The lowest BCUT2D eigenvalue weighted by Crippen LogP contribution is -1.98. The average Bonchev–Trinajstić information content (AvgIpc) is 2.49. The Morgan fingerprint density at radius 3 is 2.29 bits per heavy atom. The van der Waals surface area contributed by atoms with Crippen LogP contribution in [-0.2, 0) is 0 Å². The second-order valence-corrected chi connectivity index (χ2v) is 5.96. The van der Waals surface area contributed by atoms with Crippen LogP contribution < -0.4 is 9.47 Å². The number of halogens is 4. The van der Waals surface area contributed by atoms with Crippen molar-refractivity contribution in [2.45, 2.75) is 5.38 Å². The van der Waals surface area contributed by atoms with Crippen LogP contribution >= 0.6 is 39.1 Å². The lowest BCUT2D eigenvalue weighted by Gasteiger charge is -2.16. The van der Waals surface area contributed by atoms with Gasteiger partial charge in [-0.1, -0.05) is 33.6 Å². The Labute approximate surface area is 140 Å². The van der Waals surface area contributed by atoms with Crippen molar-refractivity contribution < 1.29 is 13.9 Å². The lowest BCUT2D eigenvalue weighted by molar-refractivity contribution is 0.354. The first-order valence-electron chi connectivity index (χ1n) is 5.98. The highest BCUT2D eigenvalue weighted by molar-refractivity contribution is 9.10. The van der Waals surface area contributed by atoms with Crippen LogP contribution in [0, 0.1) is 5.82 Å². The van der Waals surface area contributed by atoms with Crippen molar-refractivity contribution in [3.05, 3.63) is 56.8 Å². The van der Waals surface area contributed by atoms with Gasteiger partial charge in [0.1, 0.15) is 5.82 Å². The molecule has 0 spiro atoms. The maximum absolute atomic E-state index is 13.2. The predicted molar refractivity (Wildman–Crippen MR) is 86.4 cm³/mol. The largest absolute Gasteiger partial charge is 0.493 e. The fourth-order valence-electron chi connectivity index (χ4n) is 1.91. The van der Waals surface area contributed by atoms with Crippen molar-refractivity contribution >= 4 is 39.1 Å². The van der Waals surface area contributed by atoms with E-state index in [0.29, 0.717) is 17.1 Å². The molecule has 0 aliphatic rings. The lowest BCUT2D eigenvalue weighted by atomic mass is 10.0. The van der Waals surface area contributed by atoms with E-state index in [1.165, 1.54) is 12.1 Å². The minimum absolute atomic E-state index is 0.0368. The Hall–Kier alpha value is -0.970. The number of methoxy groups -OCH3 is 2. The number of alkyl halides is 1. The molecule has 0 bridgehead atoms. The molecule has 2 aromatic rings. The summed E-state index contributed by atoms with van der Waals surface area (Å²) in [4.78, 5) is 0. The molecule has 0 radical (unpaired) electrons. The summed E-state index contributed by atoms with van der Waals surface area (Å²) >= 11 is 15.7. The number of rotatable bonds is 4. The molecule has 0 heterocycles. The van der Waals surface area contributed by atoms with Crippen molar-refractivity contribution in [2.24, 2.45) is 0 Å². The topological polar surface area (TPSA) is 18.5 Å². The van der Waals surface area contributed by atoms with Crippen LogP contribution in [0.2, 0.25) is 5.02 Å². The van der Waals surface area contributed by atoms with E-state index in [2.05, 4.69) is 15.9 Å². The molecule has 6 heteroatoms. The smallest absolute Gasteiger partial charge is 0.161 e. The maximum atomic E-state index is 13.2. The van der Waals surface area contributed by atoms with Gasteiger partial charge in [0.25, 0.3) is 0 Å². The first kappa shape index (κ1) is 16.4. The van der Waals surface area contributed by atoms with Gasteiger partial charge in [-0.05, 0) is 35.4 Å². The molecule has 0 aromatic heterocycles. The highest BCUT2D eigenvalue weighted by Crippen LogP contribution is 2.41. The van der Waals surface area contributed by atoms with Gasteiger partial charge in [0.2, 0.25) is 0 Å². The molecule has 0 saturated heterocycles. The van der Waals surface area contributed by atoms with Crippen LogP contribution in [0.5, 0.6) is 11.5 Å². The zero-order chi connectivity index (χ0) is 15.6. The second kappa shape index (κ2) is 6.86. The Bertz CT molecular complexity index is 664. The molecule has 0 N–H and O–H groups in total. The predicted octanol–water partition coefficient (Wildman–Crippen LogP) is 5.59. The highest BCUT2D eigenvalue weighted by atomic mass is 79.9. The van der Waals surface area contributed by atoms with E-state index in [0.717, 1.165) is 10.0 Å².